The summed E-state index contributed by atoms with van der Waals surface area (Å²) in [6.07, 6.45) is 7.53. The van der Waals surface area contributed by atoms with E-state index in [4.69, 9.17) is 0 Å². The maximum absolute atomic E-state index is 3.98. The second-order valence-electron chi connectivity index (χ2n) is 7.40. The highest BCUT2D eigenvalue weighted by molar-refractivity contribution is 9.10. The molecule has 0 heterocycles. The molecule has 2 heteroatoms. The molecule has 1 nitrogen and oxygen atoms in total. The van der Waals surface area contributed by atoms with Crippen LogP contribution in [0.4, 0.5) is 0 Å². The van der Waals surface area contributed by atoms with Gasteiger partial charge in [-0.05, 0) is 80.4 Å². The van der Waals surface area contributed by atoms with Crippen molar-refractivity contribution in [1.29, 1.82) is 0 Å². The van der Waals surface area contributed by atoms with E-state index in [1.807, 2.05) is 0 Å². The Morgan fingerprint density at radius 3 is 2.05 bits per heavy atom. The molecule has 4 aliphatic rings. The van der Waals surface area contributed by atoms with Crippen molar-refractivity contribution < 1.29 is 0 Å². The second kappa shape index (κ2) is 5.14. The van der Waals surface area contributed by atoms with Gasteiger partial charge in [0.1, 0.15) is 0 Å². The van der Waals surface area contributed by atoms with Gasteiger partial charge in [-0.3, -0.25) is 0 Å². The fraction of sp³-hybridized carbons (Fsp3) is 0.667. The molecule has 0 amide bonds. The molecule has 0 aliphatic heterocycles. The molecule has 0 saturated heterocycles. The van der Waals surface area contributed by atoms with Crippen molar-refractivity contribution in [3.8, 4) is 0 Å². The van der Waals surface area contributed by atoms with E-state index in [0.29, 0.717) is 6.04 Å². The van der Waals surface area contributed by atoms with E-state index in [1.54, 1.807) is 6.42 Å². The van der Waals surface area contributed by atoms with E-state index in [2.05, 4.69) is 52.4 Å². The van der Waals surface area contributed by atoms with Gasteiger partial charge in [0.05, 0.1) is 0 Å². The summed E-state index contributed by atoms with van der Waals surface area (Å²) in [5, 5.41) is 3.98. The van der Waals surface area contributed by atoms with Gasteiger partial charge in [-0.15, -0.1) is 0 Å². The quantitative estimate of drug-likeness (QED) is 0.827. The predicted molar refractivity (Wildman–Crippen MR) is 86.5 cm³/mol. The lowest BCUT2D eigenvalue weighted by atomic mass is 9.54. The molecule has 0 aromatic heterocycles. The van der Waals surface area contributed by atoms with Crippen LogP contribution in [0.5, 0.6) is 0 Å². The van der Waals surface area contributed by atoms with Gasteiger partial charge in [-0.25, -0.2) is 0 Å². The van der Waals surface area contributed by atoms with Crippen molar-refractivity contribution in [2.24, 2.45) is 23.7 Å². The van der Waals surface area contributed by atoms with E-state index < -0.39 is 0 Å². The minimum absolute atomic E-state index is 0.477. The minimum atomic E-state index is 0.477. The molecule has 4 aliphatic carbocycles. The fourth-order valence-corrected chi connectivity index (χ4v) is 5.60. The van der Waals surface area contributed by atoms with Gasteiger partial charge in [0.25, 0.3) is 0 Å². The Morgan fingerprint density at radius 1 is 0.950 bits per heavy atom. The molecule has 0 radical (unpaired) electrons. The maximum atomic E-state index is 3.98. The Hall–Kier alpha value is -0.340. The standard InChI is InChI=1S/C18H24BrN/c1-11(14-2-4-17(19)5-3-14)20-18-15-7-12-6-13(9-15)10-16(18)8-12/h2-5,11-13,15-16,18,20H,6-10H2,1H3/t11-,12?,13?,15?,16?,18?/m1/s1. The summed E-state index contributed by atoms with van der Waals surface area (Å²) >= 11 is 3.52. The maximum Gasteiger partial charge on any atom is 0.0294 e. The van der Waals surface area contributed by atoms with Crippen molar-refractivity contribution in [3.05, 3.63) is 34.3 Å². The van der Waals surface area contributed by atoms with Crippen molar-refractivity contribution >= 4 is 15.9 Å². The first kappa shape index (κ1) is 13.3. The van der Waals surface area contributed by atoms with Gasteiger partial charge in [-0.1, -0.05) is 28.1 Å². The molecule has 0 spiro atoms. The minimum Gasteiger partial charge on any atom is -0.307 e. The third kappa shape index (κ3) is 2.35. The average molecular weight is 334 g/mol. The average Bonchev–Trinajstić information content (AvgIpc) is 2.42. The SMILES string of the molecule is C[C@@H](NC1C2CC3CC(C2)CC1C3)c1ccc(Br)cc1. The zero-order chi connectivity index (χ0) is 13.7. The van der Waals surface area contributed by atoms with E-state index in [-0.39, 0.29) is 0 Å². The Bertz CT molecular complexity index is 453. The molecule has 1 aromatic rings. The summed E-state index contributed by atoms with van der Waals surface area (Å²) in [5.74, 6) is 4.06. The molecule has 4 fully saturated rings. The van der Waals surface area contributed by atoms with Crippen LogP contribution in [-0.4, -0.2) is 6.04 Å². The first-order valence-corrected chi connectivity index (χ1v) is 9.00. The van der Waals surface area contributed by atoms with Crippen LogP contribution in [0.1, 0.15) is 50.6 Å². The van der Waals surface area contributed by atoms with Gasteiger partial charge in [-0.2, -0.15) is 0 Å². The Balaban J connectivity index is 1.47. The zero-order valence-corrected chi connectivity index (χ0v) is 13.8. The zero-order valence-electron chi connectivity index (χ0n) is 12.2. The summed E-state index contributed by atoms with van der Waals surface area (Å²) in [6, 6.07) is 10.1. The molecule has 0 unspecified atom stereocenters. The van der Waals surface area contributed by atoms with Crippen molar-refractivity contribution in [1.82, 2.24) is 5.32 Å². The van der Waals surface area contributed by atoms with Crippen LogP contribution in [0.3, 0.4) is 0 Å². The summed E-state index contributed by atoms with van der Waals surface area (Å²) in [5.41, 5.74) is 1.42. The lowest BCUT2D eigenvalue weighted by molar-refractivity contribution is -0.0171. The van der Waals surface area contributed by atoms with Gasteiger partial charge in [0, 0.05) is 16.6 Å². The lowest BCUT2D eigenvalue weighted by Crippen LogP contribution is -2.54. The topological polar surface area (TPSA) is 12.0 Å². The van der Waals surface area contributed by atoms with Gasteiger partial charge in [0.15, 0.2) is 0 Å². The monoisotopic (exact) mass is 333 g/mol. The van der Waals surface area contributed by atoms with Crippen molar-refractivity contribution in [3.63, 3.8) is 0 Å². The molecule has 5 rings (SSSR count). The van der Waals surface area contributed by atoms with E-state index >= 15 is 0 Å². The van der Waals surface area contributed by atoms with Gasteiger partial charge in [0.2, 0.25) is 0 Å². The highest BCUT2D eigenvalue weighted by Crippen LogP contribution is 2.54. The second-order valence-corrected chi connectivity index (χ2v) is 8.31. The predicted octanol–water partition coefficient (Wildman–Crippen LogP) is 4.92. The molecule has 1 atom stereocenters. The van der Waals surface area contributed by atoms with Crippen LogP contribution in [0.15, 0.2) is 28.7 Å². The first-order valence-electron chi connectivity index (χ1n) is 8.20. The number of nitrogens with one attached hydrogen (secondary N) is 1. The summed E-state index contributed by atoms with van der Waals surface area (Å²) < 4.78 is 1.17. The van der Waals surface area contributed by atoms with Crippen molar-refractivity contribution in [2.75, 3.05) is 0 Å². The highest BCUT2D eigenvalue weighted by Gasteiger charge is 2.48. The smallest absolute Gasteiger partial charge is 0.0294 e. The largest absolute Gasteiger partial charge is 0.307 e. The third-order valence-electron chi connectivity index (χ3n) is 6.04. The number of benzene rings is 1. The van der Waals surface area contributed by atoms with E-state index in [0.717, 1.165) is 29.7 Å². The number of rotatable bonds is 3. The summed E-state index contributed by atoms with van der Waals surface area (Å²) in [4.78, 5) is 0. The van der Waals surface area contributed by atoms with Crippen LogP contribution >= 0.6 is 15.9 Å². The van der Waals surface area contributed by atoms with Crippen molar-refractivity contribution in [2.45, 2.75) is 51.1 Å². The van der Waals surface area contributed by atoms with Crippen LogP contribution < -0.4 is 5.32 Å². The fourth-order valence-electron chi connectivity index (χ4n) is 5.33. The molecule has 20 heavy (non-hydrogen) atoms. The Labute approximate surface area is 130 Å². The van der Waals surface area contributed by atoms with Crippen LogP contribution in [0, 0.1) is 23.7 Å². The Morgan fingerprint density at radius 2 is 1.50 bits per heavy atom. The lowest BCUT2D eigenvalue weighted by Gasteiger charge is -2.55. The molecular weight excluding hydrogens is 310 g/mol. The first-order chi connectivity index (χ1) is 9.69. The van der Waals surface area contributed by atoms with Crippen LogP contribution in [0.2, 0.25) is 0 Å². The normalized spacial score (nSPS) is 40.0. The number of hydrogen-bond donors (Lipinski definition) is 1. The van der Waals surface area contributed by atoms with E-state index in [9.17, 15) is 0 Å². The number of hydrogen-bond acceptors (Lipinski definition) is 1. The highest BCUT2D eigenvalue weighted by atomic mass is 79.9. The van der Waals surface area contributed by atoms with E-state index in [1.165, 1.54) is 35.7 Å². The Kier molecular flexibility index (Phi) is 3.42. The molecule has 1 aromatic carbocycles. The molecule has 108 valence electrons. The number of halogens is 1. The molecule has 1 N–H and O–H groups in total. The molecule has 4 saturated carbocycles. The summed E-state index contributed by atoms with van der Waals surface area (Å²) in [6.45, 7) is 2.33. The molecule has 4 bridgehead atoms. The van der Waals surface area contributed by atoms with Gasteiger partial charge < -0.3 is 5.32 Å². The van der Waals surface area contributed by atoms with Crippen LogP contribution in [-0.2, 0) is 0 Å². The van der Waals surface area contributed by atoms with Crippen LogP contribution in [0.25, 0.3) is 0 Å². The molecular formula is C18H24BrN. The van der Waals surface area contributed by atoms with Gasteiger partial charge >= 0.3 is 0 Å². The third-order valence-corrected chi connectivity index (χ3v) is 6.57. The summed E-state index contributed by atoms with van der Waals surface area (Å²) in [7, 11) is 0.